The van der Waals surface area contributed by atoms with Gasteiger partial charge in [0.1, 0.15) is 11.4 Å². The lowest BCUT2D eigenvalue weighted by atomic mass is 9.77. The lowest BCUT2D eigenvalue weighted by molar-refractivity contribution is -0.128. The summed E-state index contributed by atoms with van der Waals surface area (Å²) in [6.07, 6.45) is 1.74. The Morgan fingerprint density at radius 3 is 2.20 bits per heavy atom. The van der Waals surface area contributed by atoms with Crippen molar-refractivity contribution in [2.75, 3.05) is 24.5 Å². The van der Waals surface area contributed by atoms with Gasteiger partial charge in [0.05, 0.1) is 5.41 Å². The summed E-state index contributed by atoms with van der Waals surface area (Å²) in [5, 5.41) is 0. The molecule has 3 rings (SSSR count). The Hall–Kier alpha value is -2.11. The number of hydrogen-bond acceptors (Lipinski definition) is 3. The van der Waals surface area contributed by atoms with Crippen LogP contribution in [0.15, 0.2) is 24.3 Å². The van der Waals surface area contributed by atoms with E-state index in [1.807, 2.05) is 20.8 Å². The molecule has 1 aromatic rings. The standard InChI is InChI=1S/C19H25FN2O3/c1-18(2,3)25-17(24)21-11-8-19(9-12-21)10-13-22(16(19)23)15-6-4-14(20)5-7-15/h4-7H,8-13H2,1-3H3. The number of hydrogen-bond donors (Lipinski definition) is 0. The number of benzene rings is 1. The number of carbonyl (C=O) groups excluding carboxylic acids is 2. The maximum Gasteiger partial charge on any atom is 0.410 e. The van der Waals surface area contributed by atoms with Crippen LogP contribution in [0, 0.1) is 11.2 Å². The van der Waals surface area contributed by atoms with Crippen LogP contribution in [0.3, 0.4) is 0 Å². The fourth-order valence-corrected chi connectivity index (χ4v) is 3.60. The molecule has 2 aliphatic rings. The molecule has 2 amide bonds. The van der Waals surface area contributed by atoms with E-state index in [1.54, 1.807) is 21.9 Å². The van der Waals surface area contributed by atoms with Gasteiger partial charge in [-0.3, -0.25) is 4.79 Å². The quantitative estimate of drug-likeness (QED) is 0.779. The average molecular weight is 348 g/mol. The largest absolute Gasteiger partial charge is 0.444 e. The van der Waals surface area contributed by atoms with Crippen LogP contribution in [-0.2, 0) is 9.53 Å². The second-order valence-corrected chi connectivity index (χ2v) is 7.93. The fraction of sp³-hybridized carbons (Fsp3) is 0.579. The van der Waals surface area contributed by atoms with Crippen molar-refractivity contribution >= 4 is 17.7 Å². The van der Waals surface area contributed by atoms with Gasteiger partial charge in [-0.25, -0.2) is 9.18 Å². The first-order valence-corrected chi connectivity index (χ1v) is 8.76. The lowest BCUT2D eigenvalue weighted by Crippen LogP contribution is -2.48. The molecule has 0 bridgehead atoms. The molecular formula is C19H25FN2O3. The van der Waals surface area contributed by atoms with E-state index < -0.39 is 11.0 Å². The molecule has 0 N–H and O–H groups in total. The van der Waals surface area contributed by atoms with E-state index in [4.69, 9.17) is 4.74 Å². The minimum absolute atomic E-state index is 0.0861. The molecule has 0 aromatic heterocycles. The molecule has 1 spiro atoms. The van der Waals surface area contributed by atoms with Crippen LogP contribution in [0.4, 0.5) is 14.9 Å². The van der Waals surface area contributed by atoms with Crippen LogP contribution < -0.4 is 4.90 Å². The normalized spacial score (nSPS) is 20.2. The number of ether oxygens (including phenoxy) is 1. The average Bonchev–Trinajstić information content (AvgIpc) is 2.84. The highest BCUT2D eigenvalue weighted by Crippen LogP contribution is 2.43. The zero-order valence-electron chi connectivity index (χ0n) is 15.0. The maximum absolute atomic E-state index is 13.1. The van der Waals surface area contributed by atoms with Crippen molar-refractivity contribution in [1.29, 1.82) is 0 Å². The van der Waals surface area contributed by atoms with E-state index >= 15 is 0 Å². The Labute approximate surface area is 147 Å². The molecule has 2 saturated heterocycles. The van der Waals surface area contributed by atoms with Gasteiger partial charge in [0.25, 0.3) is 0 Å². The van der Waals surface area contributed by atoms with E-state index in [0.29, 0.717) is 32.5 Å². The molecule has 2 heterocycles. The molecule has 5 nitrogen and oxygen atoms in total. The summed E-state index contributed by atoms with van der Waals surface area (Å²) < 4.78 is 18.5. The molecular weight excluding hydrogens is 323 g/mol. The van der Waals surface area contributed by atoms with Crippen molar-refractivity contribution in [3.8, 4) is 0 Å². The van der Waals surface area contributed by atoms with E-state index in [9.17, 15) is 14.0 Å². The number of anilines is 1. The third kappa shape index (κ3) is 3.62. The Bertz CT molecular complexity index is 658. The maximum atomic E-state index is 13.1. The zero-order chi connectivity index (χ0) is 18.2. The van der Waals surface area contributed by atoms with Crippen LogP contribution in [-0.4, -0.2) is 42.1 Å². The van der Waals surface area contributed by atoms with Gasteiger partial charge >= 0.3 is 6.09 Å². The highest BCUT2D eigenvalue weighted by molar-refractivity contribution is 6.00. The number of halogens is 1. The Morgan fingerprint density at radius 2 is 1.64 bits per heavy atom. The molecule has 0 radical (unpaired) electrons. The third-order valence-electron chi connectivity index (χ3n) is 5.02. The van der Waals surface area contributed by atoms with Gasteiger partial charge in [0, 0.05) is 25.3 Å². The van der Waals surface area contributed by atoms with Crippen LogP contribution in [0.25, 0.3) is 0 Å². The first kappa shape index (κ1) is 17.7. The van der Waals surface area contributed by atoms with Crippen LogP contribution >= 0.6 is 0 Å². The van der Waals surface area contributed by atoms with Crippen molar-refractivity contribution in [3.63, 3.8) is 0 Å². The molecule has 0 saturated carbocycles. The number of piperidine rings is 1. The SMILES string of the molecule is CC(C)(C)OC(=O)N1CCC2(CC1)CCN(c1ccc(F)cc1)C2=O. The Balaban J connectivity index is 1.64. The molecule has 2 aliphatic heterocycles. The Kier molecular flexibility index (Phi) is 4.47. The number of carbonyl (C=O) groups is 2. The van der Waals surface area contributed by atoms with Gasteiger partial charge in [-0.05, 0) is 64.3 Å². The van der Waals surface area contributed by atoms with Gasteiger partial charge in [0.2, 0.25) is 5.91 Å². The van der Waals surface area contributed by atoms with Crippen LogP contribution in [0.5, 0.6) is 0 Å². The molecule has 6 heteroatoms. The minimum Gasteiger partial charge on any atom is -0.444 e. The topological polar surface area (TPSA) is 49.9 Å². The molecule has 0 unspecified atom stereocenters. The first-order chi connectivity index (χ1) is 11.7. The van der Waals surface area contributed by atoms with Crippen LogP contribution in [0.1, 0.15) is 40.0 Å². The fourth-order valence-electron chi connectivity index (χ4n) is 3.60. The first-order valence-electron chi connectivity index (χ1n) is 8.76. The molecule has 2 fully saturated rings. The van der Waals surface area contributed by atoms with Crippen molar-refractivity contribution < 1.29 is 18.7 Å². The van der Waals surface area contributed by atoms with Gasteiger partial charge in [0.15, 0.2) is 0 Å². The summed E-state index contributed by atoms with van der Waals surface area (Å²) in [4.78, 5) is 28.6. The molecule has 136 valence electrons. The predicted molar refractivity (Wildman–Crippen MR) is 92.8 cm³/mol. The van der Waals surface area contributed by atoms with Gasteiger partial charge in [-0.2, -0.15) is 0 Å². The monoisotopic (exact) mass is 348 g/mol. The van der Waals surface area contributed by atoms with Crippen molar-refractivity contribution in [2.45, 2.75) is 45.6 Å². The van der Waals surface area contributed by atoms with Crippen molar-refractivity contribution in [2.24, 2.45) is 5.41 Å². The van der Waals surface area contributed by atoms with E-state index in [0.717, 1.165) is 12.1 Å². The highest BCUT2D eigenvalue weighted by atomic mass is 19.1. The van der Waals surface area contributed by atoms with E-state index in [1.165, 1.54) is 12.1 Å². The molecule has 0 aliphatic carbocycles. The number of amides is 2. The summed E-state index contributed by atoms with van der Waals surface area (Å²) in [6.45, 7) is 7.22. The number of rotatable bonds is 1. The van der Waals surface area contributed by atoms with Gasteiger partial charge in [-0.1, -0.05) is 0 Å². The highest BCUT2D eigenvalue weighted by Gasteiger charge is 2.49. The van der Waals surface area contributed by atoms with Crippen molar-refractivity contribution in [3.05, 3.63) is 30.1 Å². The summed E-state index contributed by atoms with van der Waals surface area (Å²) in [7, 11) is 0. The second-order valence-electron chi connectivity index (χ2n) is 7.93. The minimum atomic E-state index is -0.519. The smallest absolute Gasteiger partial charge is 0.410 e. The van der Waals surface area contributed by atoms with E-state index in [2.05, 4.69) is 0 Å². The van der Waals surface area contributed by atoms with Crippen molar-refractivity contribution in [1.82, 2.24) is 4.90 Å². The second kappa shape index (κ2) is 6.32. The van der Waals surface area contributed by atoms with E-state index in [-0.39, 0.29) is 17.8 Å². The summed E-state index contributed by atoms with van der Waals surface area (Å²) >= 11 is 0. The summed E-state index contributed by atoms with van der Waals surface area (Å²) in [5.74, 6) is -0.223. The van der Waals surface area contributed by atoms with Gasteiger partial charge in [-0.15, -0.1) is 0 Å². The molecule has 25 heavy (non-hydrogen) atoms. The summed E-state index contributed by atoms with van der Waals surface area (Å²) in [5.41, 5.74) is -0.195. The predicted octanol–water partition coefficient (Wildman–Crippen LogP) is 3.58. The zero-order valence-corrected chi connectivity index (χ0v) is 15.0. The van der Waals surface area contributed by atoms with Gasteiger partial charge < -0.3 is 14.5 Å². The Morgan fingerprint density at radius 1 is 1.08 bits per heavy atom. The third-order valence-corrected chi connectivity index (χ3v) is 5.02. The lowest BCUT2D eigenvalue weighted by Gasteiger charge is -2.38. The summed E-state index contributed by atoms with van der Waals surface area (Å²) in [6, 6.07) is 6.03. The molecule has 0 atom stereocenters. The molecule has 1 aromatic carbocycles. The number of likely N-dealkylation sites (tertiary alicyclic amines) is 1. The number of nitrogens with zero attached hydrogens (tertiary/aromatic N) is 2. The van der Waals surface area contributed by atoms with Crippen LogP contribution in [0.2, 0.25) is 0 Å².